The standard InChI is InChI=1S/C21H19F7N2O/c1-11(13-8-14(20(23,24)25)10-15(9-13)21(26,27)28)29-17-6-7-18(31)30-19(17)12-2-4-16(22)5-3-12/h2-5,8-11,17,19,29H,6-7H2,1H3,(H,30,31)/t11?,17?,19-/m0/s1. The minimum atomic E-state index is -4.94. The van der Waals surface area contributed by atoms with Crippen molar-refractivity contribution >= 4 is 5.91 Å². The molecule has 2 aromatic carbocycles. The van der Waals surface area contributed by atoms with E-state index in [-0.39, 0.29) is 24.0 Å². The van der Waals surface area contributed by atoms with Gasteiger partial charge >= 0.3 is 12.4 Å². The topological polar surface area (TPSA) is 41.1 Å². The summed E-state index contributed by atoms with van der Waals surface area (Å²) < 4.78 is 92.1. The Labute approximate surface area is 173 Å². The van der Waals surface area contributed by atoms with Crippen LogP contribution in [0.25, 0.3) is 0 Å². The van der Waals surface area contributed by atoms with Crippen molar-refractivity contribution in [3.8, 4) is 0 Å². The van der Waals surface area contributed by atoms with Crippen LogP contribution in [-0.2, 0) is 17.1 Å². The van der Waals surface area contributed by atoms with Crippen molar-refractivity contribution in [2.45, 2.75) is 50.2 Å². The van der Waals surface area contributed by atoms with Gasteiger partial charge in [-0.15, -0.1) is 0 Å². The highest BCUT2D eigenvalue weighted by molar-refractivity contribution is 5.77. The summed E-state index contributed by atoms with van der Waals surface area (Å²) in [5, 5.41) is 5.78. The Bertz CT molecular complexity index is 906. The van der Waals surface area contributed by atoms with Gasteiger partial charge in [0.1, 0.15) is 5.82 Å². The molecule has 2 N–H and O–H groups in total. The van der Waals surface area contributed by atoms with Gasteiger partial charge < -0.3 is 10.6 Å². The summed E-state index contributed by atoms with van der Waals surface area (Å²) in [5.74, 6) is -0.731. The summed E-state index contributed by atoms with van der Waals surface area (Å²) >= 11 is 0. The van der Waals surface area contributed by atoms with E-state index in [0.29, 0.717) is 24.1 Å². The molecule has 2 unspecified atom stereocenters. The van der Waals surface area contributed by atoms with Crippen molar-refractivity contribution in [1.82, 2.24) is 10.6 Å². The van der Waals surface area contributed by atoms with E-state index < -0.39 is 47.4 Å². The van der Waals surface area contributed by atoms with Gasteiger partial charge in [0, 0.05) is 18.5 Å². The quantitative estimate of drug-likeness (QED) is 0.604. The van der Waals surface area contributed by atoms with Crippen LogP contribution in [0, 0.1) is 5.82 Å². The first-order valence-electron chi connectivity index (χ1n) is 9.45. The van der Waals surface area contributed by atoms with E-state index in [1.807, 2.05) is 0 Å². The molecule has 3 atom stereocenters. The summed E-state index contributed by atoms with van der Waals surface area (Å²) in [4.78, 5) is 11.9. The smallest absolute Gasteiger partial charge is 0.348 e. The zero-order valence-corrected chi connectivity index (χ0v) is 16.2. The van der Waals surface area contributed by atoms with E-state index in [4.69, 9.17) is 0 Å². The fraction of sp³-hybridized carbons (Fsp3) is 0.381. The molecule has 3 nitrogen and oxygen atoms in total. The fourth-order valence-corrected chi connectivity index (χ4v) is 3.61. The lowest BCUT2D eigenvalue weighted by molar-refractivity contribution is -0.143. The lowest BCUT2D eigenvalue weighted by Crippen LogP contribution is -2.49. The molecule has 1 aliphatic heterocycles. The highest BCUT2D eigenvalue weighted by Gasteiger charge is 2.38. The third-order valence-corrected chi connectivity index (χ3v) is 5.20. The van der Waals surface area contributed by atoms with Crippen LogP contribution in [0.4, 0.5) is 30.7 Å². The van der Waals surface area contributed by atoms with Crippen molar-refractivity contribution in [3.05, 3.63) is 70.5 Å². The van der Waals surface area contributed by atoms with Gasteiger partial charge in [0.2, 0.25) is 5.91 Å². The molecular weight excluding hydrogens is 429 g/mol. The number of amides is 1. The van der Waals surface area contributed by atoms with Crippen LogP contribution in [-0.4, -0.2) is 11.9 Å². The molecule has 1 amide bonds. The van der Waals surface area contributed by atoms with Crippen LogP contribution >= 0.6 is 0 Å². The van der Waals surface area contributed by atoms with E-state index in [0.717, 1.165) is 0 Å². The Morgan fingerprint density at radius 1 is 0.968 bits per heavy atom. The number of nitrogens with one attached hydrogen (secondary N) is 2. The first-order chi connectivity index (χ1) is 14.3. The maximum atomic E-state index is 13.2. The zero-order valence-electron chi connectivity index (χ0n) is 16.2. The summed E-state index contributed by atoms with van der Waals surface area (Å²) in [7, 11) is 0. The second-order valence-corrected chi connectivity index (χ2v) is 7.47. The molecular formula is C21H19F7N2O. The molecule has 31 heavy (non-hydrogen) atoms. The Kier molecular flexibility index (Phi) is 6.31. The van der Waals surface area contributed by atoms with Crippen LogP contribution in [0.3, 0.4) is 0 Å². The van der Waals surface area contributed by atoms with Crippen LogP contribution < -0.4 is 10.6 Å². The third-order valence-electron chi connectivity index (χ3n) is 5.20. The van der Waals surface area contributed by atoms with Gasteiger partial charge in [0.05, 0.1) is 17.2 Å². The molecule has 1 aliphatic rings. The molecule has 0 radical (unpaired) electrons. The minimum Gasteiger partial charge on any atom is -0.348 e. The van der Waals surface area contributed by atoms with Gasteiger partial charge in [0.15, 0.2) is 0 Å². The van der Waals surface area contributed by atoms with Crippen molar-refractivity contribution in [1.29, 1.82) is 0 Å². The van der Waals surface area contributed by atoms with Crippen molar-refractivity contribution in [2.75, 3.05) is 0 Å². The lowest BCUT2D eigenvalue weighted by atomic mass is 9.90. The normalized spacial score (nSPS) is 21.0. The number of hydrogen-bond acceptors (Lipinski definition) is 2. The van der Waals surface area contributed by atoms with Crippen LogP contribution in [0.1, 0.15) is 54.1 Å². The monoisotopic (exact) mass is 448 g/mol. The molecule has 10 heteroatoms. The number of carbonyl (C=O) groups is 1. The van der Waals surface area contributed by atoms with Gasteiger partial charge in [-0.1, -0.05) is 12.1 Å². The van der Waals surface area contributed by atoms with Crippen LogP contribution in [0.15, 0.2) is 42.5 Å². The van der Waals surface area contributed by atoms with E-state index in [1.165, 1.54) is 31.2 Å². The molecule has 1 saturated heterocycles. The zero-order chi connectivity index (χ0) is 23.0. The molecule has 0 aliphatic carbocycles. The van der Waals surface area contributed by atoms with Crippen molar-refractivity contribution < 1.29 is 35.5 Å². The Balaban J connectivity index is 1.90. The van der Waals surface area contributed by atoms with Crippen LogP contribution in [0.5, 0.6) is 0 Å². The van der Waals surface area contributed by atoms with Crippen molar-refractivity contribution in [3.63, 3.8) is 0 Å². The molecule has 2 aromatic rings. The molecule has 0 saturated carbocycles. The van der Waals surface area contributed by atoms with Crippen LogP contribution in [0.2, 0.25) is 0 Å². The van der Waals surface area contributed by atoms with Gasteiger partial charge in [-0.25, -0.2) is 4.39 Å². The van der Waals surface area contributed by atoms with E-state index in [2.05, 4.69) is 10.6 Å². The number of benzene rings is 2. The Hall–Kier alpha value is -2.62. The lowest BCUT2D eigenvalue weighted by Gasteiger charge is -2.35. The minimum absolute atomic E-state index is 0.0817. The predicted octanol–water partition coefficient (Wildman–Crippen LogP) is 5.53. The predicted molar refractivity (Wildman–Crippen MR) is 98.3 cm³/mol. The molecule has 1 heterocycles. The second kappa shape index (κ2) is 8.49. The Morgan fingerprint density at radius 2 is 1.52 bits per heavy atom. The van der Waals surface area contributed by atoms with Gasteiger partial charge in [-0.2, -0.15) is 26.3 Å². The molecule has 1 fully saturated rings. The molecule has 3 rings (SSSR count). The third kappa shape index (κ3) is 5.55. The van der Waals surface area contributed by atoms with E-state index in [1.54, 1.807) is 0 Å². The maximum absolute atomic E-state index is 13.2. The maximum Gasteiger partial charge on any atom is 0.416 e. The van der Waals surface area contributed by atoms with Gasteiger partial charge in [0.25, 0.3) is 0 Å². The number of halogens is 7. The largest absolute Gasteiger partial charge is 0.416 e. The number of rotatable bonds is 4. The number of alkyl halides is 6. The molecule has 0 spiro atoms. The van der Waals surface area contributed by atoms with Gasteiger partial charge in [-0.05, 0) is 54.8 Å². The molecule has 0 aromatic heterocycles. The average Bonchev–Trinajstić information content (AvgIpc) is 2.68. The van der Waals surface area contributed by atoms with E-state index >= 15 is 0 Å². The fourth-order valence-electron chi connectivity index (χ4n) is 3.61. The summed E-state index contributed by atoms with van der Waals surface area (Å²) in [6, 6.07) is 4.82. The molecule has 0 bridgehead atoms. The summed E-state index contributed by atoms with van der Waals surface area (Å²) in [5.41, 5.74) is -2.40. The number of carbonyl (C=O) groups excluding carboxylic acids is 1. The summed E-state index contributed by atoms with van der Waals surface area (Å²) in [6.07, 6.45) is -9.43. The first-order valence-corrected chi connectivity index (χ1v) is 9.45. The number of piperidine rings is 1. The summed E-state index contributed by atoms with van der Waals surface area (Å²) in [6.45, 7) is 1.45. The van der Waals surface area contributed by atoms with E-state index in [9.17, 15) is 35.5 Å². The highest BCUT2D eigenvalue weighted by atomic mass is 19.4. The SMILES string of the molecule is CC(NC1CCC(=O)N[C@H]1c1ccc(F)cc1)c1cc(C(F)(F)F)cc(C(F)(F)F)c1. The van der Waals surface area contributed by atoms with Crippen molar-refractivity contribution in [2.24, 2.45) is 0 Å². The number of hydrogen-bond donors (Lipinski definition) is 2. The first kappa shape index (κ1) is 23.1. The second-order valence-electron chi connectivity index (χ2n) is 7.47. The van der Waals surface area contributed by atoms with Gasteiger partial charge in [-0.3, -0.25) is 4.79 Å². The highest BCUT2D eigenvalue weighted by Crippen LogP contribution is 2.38. The Morgan fingerprint density at radius 3 is 2.03 bits per heavy atom. The molecule has 168 valence electrons. The average molecular weight is 448 g/mol.